The third-order valence-corrected chi connectivity index (χ3v) is 13.9. The second kappa shape index (κ2) is 20.7. The Labute approximate surface area is 405 Å². The average molecular weight is 1010 g/mol. The van der Waals surface area contributed by atoms with E-state index in [0.29, 0.717) is 47.1 Å². The molecule has 3 aromatic rings. The highest BCUT2D eigenvalue weighted by atomic mass is 35.6. The van der Waals surface area contributed by atoms with Crippen molar-refractivity contribution in [1.29, 1.82) is 0 Å². The molecule has 0 N–H and O–H groups in total. The van der Waals surface area contributed by atoms with Crippen LogP contribution >= 0.6 is 34.8 Å². The normalized spacial score (nSPS) is 19.7. The number of hydrogen-bond acceptors (Lipinski definition) is 12. The summed E-state index contributed by atoms with van der Waals surface area (Å²) in [7, 11) is 3.06. The van der Waals surface area contributed by atoms with Crippen LogP contribution in [0.5, 0.6) is 17.2 Å². The van der Waals surface area contributed by atoms with E-state index in [4.69, 9.17) is 63.2 Å². The fourth-order valence-corrected chi connectivity index (χ4v) is 9.11. The van der Waals surface area contributed by atoms with Crippen LogP contribution in [-0.2, 0) is 36.8 Å². The molecule has 2 saturated heterocycles. The Morgan fingerprint density at radius 1 is 0.882 bits per heavy atom. The minimum atomic E-state index is -2.05. The van der Waals surface area contributed by atoms with Crippen molar-refractivity contribution in [3.05, 3.63) is 104 Å². The third kappa shape index (κ3) is 10.7. The van der Waals surface area contributed by atoms with E-state index < -0.39 is 67.4 Å². The number of rotatable bonds is 20. The Hall–Kier alpha value is -5.37. The van der Waals surface area contributed by atoms with Gasteiger partial charge in [-0.1, -0.05) is 59.1 Å². The number of allylic oxidation sites excluding steroid dienone is 1. The van der Waals surface area contributed by atoms with Crippen molar-refractivity contribution in [2.45, 2.75) is 80.0 Å². The lowest BCUT2D eigenvalue weighted by atomic mass is 9.66. The van der Waals surface area contributed by atoms with Crippen molar-refractivity contribution in [2.75, 3.05) is 60.3 Å². The first-order valence-electron chi connectivity index (χ1n) is 21.7. The average Bonchev–Trinajstić information content (AvgIpc) is 4.04. The van der Waals surface area contributed by atoms with Crippen molar-refractivity contribution in [3.63, 3.8) is 0 Å². The molecule has 2 aliphatic heterocycles. The lowest BCUT2D eigenvalue weighted by molar-refractivity contribution is -0.758. The predicted octanol–water partition coefficient (Wildman–Crippen LogP) is 8.48. The van der Waals surface area contributed by atoms with Gasteiger partial charge < -0.3 is 43.1 Å². The number of likely N-dealkylation sites (tertiary alicyclic amines) is 2. The molecule has 68 heavy (non-hydrogen) atoms. The second-order valence-electron chi connectivity index (χ2n) is 17.4. The Morgan fingerprint density at radius 3 is 2.18 bits per heavy atom. The number of carbonyl (C=O) groups excluding carboxylic acids is 3. The van der Waals surface area contributed by atoms with E-state index in [0.717, 1.165) is 30.0 Å². The number of aryl methyl sites for hydroxylation is 1. The molecule has 7 rings (SSSR count). The van der Waals surface area contributed by atoms with Crippen LogP contribution < -0.4 is 14.2 Å². The number of ether oxygens (including phenoxy) is 6. The number of methoxy groups -OCH3 is 2. The molecule has 0 bridgehead atoms. The first-order chi connectivity index (χ1) is 32.3. The minimum absolute atomic E-state index is 0.00524. The van der Waals surface area contributed by atoms with Gasteiger partial charge in [0.1, 0.15) is 24.7 Å². The molecule has 1 saturated carbocycles. The van der Waals surface area contributed by atoms with Gasteiger partial charge in [0, 0.05) is 42.7 Å². The van der Waals surface area contributed by atoms with Crippen LogP contribution in [0.4, 0.5) is 22.8 Å². The molecular weight excluding hydrogens is 964 g/mol. The molecule has 2 heterocycles. The monoisotopic (exact) mass is 1010 g/mol. The smallest absolute Gasteiger partial charge is 0.411 e. The van der Waals surface area contributed by atoms with Crippen LogP contribution in [0.15, 0.2) is 60.2 Å². The van der Waals surface area contributed by atoms with Crippen molar-refractivity contribution in [3.8, 4) is 17.2 Å². The largest absolute Gasteiger partial charge is 0.497 e. The molecule has 3 fully saturated rings. The van der Waals surface area contributed by atoms with Gasteiger partial charge in [-0.05, 0) is 92.5 Å². The summed E-state index contributed by atoms with van der Waals surface area (Å²) >= 11 is 18.9. The third-order valence-electron chi connectivity index (χ3n) is 12.6. The Kier molecular flexibility index (Phi) is 15.4. The van der Waals surface area contributed by atoms with E-state index in [1.807, 2.05) is 36.4 Å². The van der Waals surface area contributed by atoms with Crippen molar-refractivity contribution in [1.82, 2.24) is 14.7 Å². The molecule has 1 spiro atoms. The Bertz CT molecular complexity index is 2400. The van der Waals surface area contributed by atoms with Gasteiger partial charge in [-0.25, -0.2) is 18.4 Å². The summed E-state index contributed by atoms with van der Waals surface area (Å²) in [6.07, 6.45) is 0.899. The first-order valence-corrected chi connectivity index (χ1v) is 22.9. The maximum atomic E-state index is 15.5. The quantitative estimate of drug-likeness (QED) is 0.0349. The van der Waals surface area contributed by atoms with Gasteiger partial charge >= 0.3 is 12.2 Å². The molecule has 4 aliphatic rings. The molecular formula is C46H50Cl3F3N4O12. The summed E-state index contributed by atoms with van der Waals surface area (Å²) in [6, 6.07) is 12.5. The molecule has 368 valence electrons. The zero-order chi connectivity index (χ0) is 49.1. The van der Waals surface area contributed by atoms with Gasteiger partial charge in [0.25, 0.3) is 11.0 Å². The van der Waals surface area contributed by atoms with Crippen molar-refractivity contribution >= 4 is 58.5 Å². The lowest BCUT2D eigenvalue weighted by Crippen LogP contribution is -2.72. The molecule has 22 heteroatoms. The highest BCUT2D eigenvalue weighted by molar-refractivity contribution is 6.68. The molecule has 3 aromatic carbocycles. The summed E-state index contributed by atoms with van der Waals surface area (Å²) < 4.78 is 73.1. The lowest BCUT2D eigenvalue weighted by Gasteiger charge is -2.57. The number of hydrogen-bond donors (Lipinski definition) is 0. The molecule has 2 aliphatic carbocycles. The van der Waals surface area contributed by atoms with Gasteiger partial charge in [-0.15, -0.1) is 10.1 Å². The highest BCUT2D eigenvalue weighted by Gasteiger charge is 2.73. The number of alkyl halides is 3. The van der Waals surface area contributed by atoms with Crippen molar-refractivity contribution in [2.24, 2.45) is 5.41 Å². The maximum absolute atomic E-state index is 15.5. The van der Waals surface area contributed by atoms with E-state index in [9.17, 15) is 32.9 Å². The Balaban J connectivity index is 1.21. The number of carbonyl (C=O) groups is 3. The molecule has 16 nitrogen and oxygen atoms in total. The standard InChI is InChI=1S/C46H50Cl3F3N4O12/c1-44(2,46(47,48)49)68-43(59)55-36-25-53(42(58)66-18-16-64-17-19-67-56(60)61)26-45(36)23-33(29-9-7-27(8-10-29)6-5-15-65-39-35(51)14-13-34(50)38(39)52)37(40(45)55)41(57)54(30-11-12-30)24-28-20-31(62-3)22-32(21-28)63-4/h7-10,13-14,20-22,30,36,40H,5-6,11-12,15-19,23-26H2,1-4H3. The van der Waals surface area contributed by atoms with Crippen LogP contribution in [-0.4, -0.2) is 126 Å². The Morgan fingerprint density at radius 2 is 1.54 bits per heavy atom. The fourth-order valence-electron chi connectivity index (χ4n) is 8.99. The number of amides is 3. The summed E-state index contributed by atoms with van der Waals surface area (Å²) in [5.74, 6) is -3.71. The molecule has 3 unspecified atom stereocenters. The van der Waals surface area contributed by atoms with E-state index in [2.05, 4.69) is 4.84 Å². The van der Waals surface area contributed by atoms with E-state index in [1.165, 1.54) is 37.9 Å². The van der Waals surface area contributed by atoms with Gasteiger partial charge in [-0.2, -0.15) is 4.39 Å². The van der Waals surface area contributed by atoms with E-state index in [1.54, 1.807) is 11.0 Å². The summed E-state index contributed by atoms with van der Waals surface area (Å²) in [6.45, 7) is 2.37. The number of halogens is 6. The van der Waals surface area contributed by atoms with Gasteiger partial charge in [0.05, 0.1) is 46.1 Å². The summed E-state index contributed by atoms with van der Waals surface area (Å²) in [4.78, 5) is 63.1. The zero-order valence-corrected chi connectivity index (χ0v) is 39.8. The molecule has 0 aromatic heterocycles. The second-order valence-corrected chi connectivity index (χ2v) is 19.7. The molecule has 3 atom stereocenters. The maximum Gasteiger partial charge on any atom is 0.411 e. The molecule has 3 amide bonds. The van der Waals surface area contributed by atoms with Crippen molar-refractivity contribution < 1.29 is 65.9 Å². The first kappa shape index (κ1) is 50.5. The SMILES string of the molecule is COc1cc(CN(C(=O)C2=C(c3ccc(CCCOc4c(F)ccc(F)c4F)cc3)CC34CN(C(=O)OCCOCCO[N+](=O)[O-])CC3N(C(=O)OC(C)(C)C(Cl)(Cl)Cl)C24)C2CC2)cc(OC)c1. The van der Waals surface area contributed by atoms with Crippen LogP contribution in [0.1, 0.15) is 56.2 Å². The topological polar surface area (TPSA) is 169 Å². The summed E-state index contributed by atoms with van der Waals surface area (Å²) in [5, 5.41) is 9.50. The highest BCUT2D eigenvalue weighted by Crippen LogP contribution is 2.63. The van der Waals surface area contributed by atoms with Crippen LogP contribution in [0.2, 0.25) is 0 Å². The van der Waals surface area contributed by atoms with Crippen LogP contribution in [0.25, 0.3) is 5.57 Å². The molecule has 0 radical (unpaired) electrons. The van der Waals surface area contributed by atoms with E-state index in [-0.39, 0.29) is 71.0 Å². The summed E-state index contributed by atoms with van der Waals surface area (Å²) in [5.41, 5.74) is 0.671. The number of benzene rings is 3. The predicted molar refractivity (Wildman–Crippen MR) is 241 cm³/mol. The van der Waals surface area contributed by atoms with Gasteiger partial charge in [-0.3, -0.25) is 9.69 Å². The van der Waals surface area contributed by atoms with Crippen LogP contribution in [0.3, 0.4) is 0 Å². The minimum Gasteiger partial charge on any atom is -0.497 e. The van der Waals surface area contributed by atoms with E-state index >= 15 is 4.79 Å². The van der Waals surface area contributed by atoms with Crippen LogP contribution in [0, 0.1) is 33.0 Å². The van der Waals surface area contributed by atoms with Gasteiger partial charge in [0.2, 0.25) is 9.61 Å². The number of nitrogens with zero attached hydrogens (tertiary/aromatic N) is 4. The fraction of sp³-hybridized carbons (Fsp3) is 0.500. The van der Waals surface area contributed by atoms with Gasteiger partial charge in [0.15, 0.2) is 23.0 Å². The zero-order valence-electron chi connectivity index (χ0n) is 37.6.